The number of methoxy groups -OCH3 is 1. The van der Waals surface area contributed by atoms with Crippen molar-refractivity contribution in [2.45, 2.75) is 40.3 Å². The molecule has 21 heavy (non-hydrogen) atoms. The van der Waals surface area contributed by atoms with Crippen molar-refractivity contribution in [1.29, 1.82) is 0 Å². The minimum absolute atomic E-state index is 0.448. The third kappa shape index (κ3) is 6.25. The van der Waals surface area contributed by atoms with Gasteiger partial charge in [0, 0.05) is 43.5 Å². The fourth-order valence-corrected chi connectivity index (χ4v) is 2.50. The van der Waals surface area contributed by atoms with Crippen LogP contribution in [0.25, 0.3) is 0 Å². The zero-order valence-corrected chi connectivity index (χ0v) is 14.7. The number of ether oxygens (including phenoxy) is 1. The Bertz CT molecular complexity index is 421. The molecule has 1 aromatic carbocycles. The molecule has 0 atom stereocenters. The molecule has 0 spiro atoms. The molecule has 0 saturated carbocycles. The first-order valence-electron chi connectivity index (χ1n) is 7.70. The van der Waals surface area contributed by atoms with Crippen LogP contribution in [-0.4, -0.2) is 32.8 Å². The van der Waals surface area contributed by atoms with Gasteiger partial charge in [0.2, 0.25) is 0 Å². The topological polar surface area (TPSA) is 24.5 Å². The molecule has 0 fully saturated rings. The third-order valence-corrected chi connectivity index (χ3v) is 3.58. The summed E-state index contributed by atoms with van der Waals surface area (Å²) in [6.07, 6.45) is 0. The summed E-state index contributed by atoms with van der Waals surface area (Å²) in [5.41, 5.74) is 2.51. The monoisotopic (exact) mass is 312 g/mol. The van der Waals surface area contributed by atoms with Gasteiger partial charge in [0.25, 0.3) is 0 Å². The van der Waals surface area contributed by atoms with Crippen LogP contribution in [-0.2, 0) is 11.3 Å². The second kappa shape index (κ2) is 9.29. The lowest BCUT2D eigenvalue weighted by molar-refractivity contribution is 0.199. The van der Waals surface area contributed by atoms with E-state index in [4.69, 9.17) is 16.3 Å². The van der Waals surface area contributed by atoms with E-state index in [0.717, 1.165) is 31.3 Å². The molecular weight excluding hydrogens is 284 g/mol. The van der Waals surface area contributed by atoms with Gasteiger partial charge >= 0.3 is 0 Å². The first-order valence-corrected chi connectivity index (χ1v) is 8.08. The van der Waals surface area contributed by atoms with Gasteiger partial charge in [-0.15, -0.1) is 0 Å². The maximum atomic E-state index is 6.22. The van der Waals surface area contributed by atoms with Gasteiger partial charge in [-0.2, -0.15) is 0 Å². The number of halogens is 1. The lowest BCUT2D eigenvalue weighted by atomic mass is 10.1. The maximum absolute atomic E-state index is 6.22. The molecule has 0 aliphatic rings. The van der Waals surface area contributed by atoms with Gasteiger partial charge in [0.1, 0.15) is 0 Å². The molecule has 0 unspecified atom stereocenters. The first-order chi connectivity index (χ1) is 9.95. The van der Waals surface area contributed by atoms with Gasteiger partial charge in [0.05, 0.1) is 6.61 Å². The zero-order chi connectivity index (χ0) is 15.8. The van der Waals surface area contributed by atoms with Crippen molar-refractivity contribution in [1.82, 2.24) is 5.32 Å². The number of hydrogen-bond acceptors (Lipinski definition) is 3. The smallest absolute Gasteiger partial charge is 0.0587 e. The molecule has 0 saturated heterocycles. The van der Waals surface area contributed by atoms with Crippen LogP contribution in [0.4, 0.5) is 5.69 Å². The number of anilines is 1. The van der Waals surface area contributed by atoms with Crippen molar-refractivity contribution in [2.75, 3.05) is 31.7 Å². The largest absolute Gasteiger partial charge is 0.383 e. The molecule has 0 heterocycles. The van der Waals surface area contributed by atoms with E-state index in [2.05, 4.69) is 50.0 Å². The molecule has 1 rings (SSSR count). The Morgan fingerprint density at radius 2 is 1.95 bits per heavy atom. The Balaban J connectivity index is 2.92. The SMILES string of the molecule is COCCNCc1ccc(Cl)cc1N(CC(C)C)C(C)C. The highest BCUT2D eigenvalue weighted by Gasteiger charge is 2.16. The molecule has 0 aromatic heterocycles. The predicted octanol–water partition coefficient (Wildman–Crippen LogP) is 3.95. The highest BCUT2D eigenvalue weighted by Crippen LogP contribution is 2.27. The average molecular weight is 313 g/mol. The summed E-state index contributed by atoms with van der Waals surface area (Å²) in [4.78, 5) is 2.43. The van der Waals surface area contributed by atoms with Crippen LogP contribution in [0, 0.1) is 5.92 Å². The Morgan fingerprint density at radius 1 is 1.24 bits per heavy atom. The normalized spacial score (nSPS) is 11.4. The van der Waals surface area contributed by atoms with E-state index >= 15 is 0 Å². The summed E-state index contributed by atoms with van der Waals surface area (Å²) in [5.74, 6) is 0.612. The summed E-state index contributed by atoms with van der Waals surface area (Å²) in [6.45, 7) is 12.4. The molecular formula is C17H29ClN2O. The minimum atomic E-state index is 0.448. The molecule has 0 aliphatic heterocycles. The van der Waals surface area contributed by atoms with Crippen LogP contribution in [0.1, 0.15) is 33.3 Å². The standard InChI is InChI=1S/C17H29ClN2O/c1-13(2)12-20(14(3)4)17-10-16(18)7-6-15(17)11-19-8-9-21-5/h6-7,10,13-14,19H,8-9,11-12H2,1-5H3. The van der Waals surface area contributed by atoms with Crippen molar-refractivity contribution in [3.05, 3.63) is 28.8 Å². The van der Waals surface area contributed by atoms with E-state index in [-0.39, 0.29) is 0 Å². The predicted molar refractivity (Wildman–Crippen MR) is 92.4 cm³/mol. The van der Waals surface area contributed by atoms with Crippen LogP contribution in [0.3, 0.4) is 0 Å². The van der Waals surface area contributed by atoms with Crippen molar-refractivity contribution in [3.8, 4) is 0 Å². The summed E-state index contributed by atoms with van der Waals surface area (Å²) in [7, 11) is 1.72. The van der Waals surface area contributed by atoms with Gasteiger partial charge in [-0.05, 0) is 37.5 Å². The van der Waals surface area contributed by atoms with Gasteiger partial charge in [-0.25, -0.2) is 0 Å². The van der Waals surface area contributed by atoms with E-state index in [1.807, 2.05) is 6.07 Å². The highest BCUT2D eigenvalue weighted by molar-refractivity contribution is 6.30. The summed E-state index contributed by atoms with van der Waals surface area (Å²) in [6, 6.07) is 6.61. The quantitative estimate of drug-likeness (QED) is 0.699. The lowest BCUT2D eigenvalue weighted by Gasteiger charge is -2.33. The highest BCUT2D eigenvalue weighted by atomic mass is 35.5. The van der Waals surface area contributed by atoms with Crippen molar-refractivity contribution in [2.24, 2.45) is 5.92 Å². The Labute approximate surface area is 134 Å². The fourth-order valence-electron chi connectivity index (χ4n) is 2.33. The second-order valence-corrected chi connectivity index (χ2v) is 6.52. The van der Waals surface area contributed by atoms with Crippen molar-refractivity contribution in [3.63, 3.8) is 0 Å². The molecule has 0 aliphatic carbocycles. The van der Waals surface area contributed by atoms with Gasteiger partial charge in [0.15, 0.2) is 0 Å². The van der Waals surface area contributed by atoms with Crippen LogP contribution < -0.4 is 10.2 Å². The molecule has 120 valence electrons. The van der Waals surface area contributed by atoms with Crippen LogP contribution in [0.15, 0.2) is 18.2 Å². The number of nitrogens with zero attached hydrogens (tertiary/aromatic N) is 1. The first kappa shape index (κ1) is 18.3. The fraction of sp³-hybridized carbons (Fsp3) is 0.647. The number of rotatable bonds is 9. The molecule has 1 aromatic rings. The maximum Gasteiger partial charge on any atom is 0.0587 e. The number of nitrogens with one attached hydrogen (secondary N) is 1. The minimum Gasteiger partial charge on any atom is -0.383 e. The van der Waals surface area contributed by atoms with Crippen molar-refractivity contribution < 1.29 is 4.74 Å². The number of hydrogen-bond donors (Lipinski definition) is 1. The Morgan fingerprint density at radius 3 is 2.52 bits per heavy atom. The Kier molecular flexibility index (Phi) is 8.09. The van der Waals surface area contributed by atoms with Gasteiger partial charge in [-0.3, -0.25) is 0 Å². The zero-order valence-electron chi connectivity index (χ0n) is 13.9. The molecule has 0 radical (unpaired) electrons. The second-order valence-electron chi connectivity index (χ2n) is 6.08. The van der Waals surface area contributed by atoms with Crippen molar-refractivity contribution >= 4 is 17.3 Å². The summed E-state index contributed by atoms with van der Waals surface area (Å²) in [5, 5.41) is 4.21. The molecule has 4 heteroatoms. The van der Waals surface area contributed by atoms with Gasteiger partial charge in [-0.1, -0.05) is 31.5 Å². The van der Waals surface area contributed by atoms with Crippen LogP contribution in [0.2, 0.25) is 5.02 Å². The van der Waals surface area contributed by atoms with E-state index in [9.17, 15) is 0 Å². The van der Waals surface area contributed by atoms with E-state index in [0.29, 0.717) is 12.0 Å². The molecule has 1 N–H and O–H groups in total. The van der Waals surface area contributed by atoms with E-state index in [1.54, 1.807) is 7.11 Å². The van der Waals surface area contributed by atoms with Gasteiger partial charge < -0.3 is 15.0 Å². The third-order valence-electron chi connectivity index (χ3n) is 3.34. The average Bonchev–Trinajstić information content (AvgIpc) is 2.42. The van der Waals surface area contributed by atoms with Crippen LogP contribution >= 0.6 is 11.6 Å². The van der Waals surface area contributed by atoms with E-state index in [1.165, 1.54) is 11.3 Å². The van der Waals surface area contributed by atoms with Crippen LogP contribution in [0.5, 0.6) is 0 Å². The molecule has 0 bridgehead atoms. The number of benzene rings is 1. The van der Waals surface area contributed by atoms with E-state index < -0.39 is 0 Å². The summed E-state index contributed by atoms with van der Waals surface area (Å²) >= 11 is 6.22. The lowest BCUT2D eigenvalue weighted by Crippen LogP contribution is -2.35. The Hall–Kier alpha value is -0.770. The summed E-state index contributed by atoms with van der Waals surface area (Å²) < 4.78 is 5.07. The molecule has 3 nitrogen and oxygen atoms in total. The molecule has 0 amide bonds.